The highest BCUT2D eigenvalue weighted by Crippen LogP contribution is 2.30. The fourth-order valence-electron chi connectivity index (χ4n) is 3.00. The summed E-state index contributed by atoms with van der Waals surface area (Å²) in [4.78, 5) is 24.6. The SMILES string of the molecule is Cc1cc(C)c(NC(=O)CSc2nnc(NC(=O)c3cccc(C(F)(F)F)c3)s2)c(C)c1. The Morgan fingerprint density at radius 2 is 1.72 bits per heavy atom. The molecule has 0 aliphatic carbocycles. The number of amides is 2. The molecule has 2 amide bonds. The van der Waals surface area contributed by atoms with Crippen LogP contribution in [-0.4, -0.2) is 27.8 Å². The van der Waals surface area contributed by atoms with Crippen molar-refractivity contribution in [2.45, 2.75) is 31.3 Å². The van der Waals surface area contributed by atoms with Crippen LogP contribution < -0.4 is 10.6 Å². The van der Waals surface area contributed by atoms with Crippen molar-refractivity contribution in [1.82, 2.24) is 10.2 Å². The number of aromatic nitrogens is 2. The molecule has 3 rings (SSSR count). The third-order valence-electron chi connectivity index (χ3n) is 4.35. The molecular weight excluding hydrogens is 461 g/mol. The summed E-state index contributed by atoms with van der Waals surface area (Å²) < 4.78 is 38.9. The number of nitrogens with zero attached hydrogens (tertiary/aromatic N) is 2. The molecule has 0 aliphatic heterocycles. The monoisotopic (exact) mass is 480 g/mol. The van der Waals surface area contributed by atoms with Crippen molar-refractivity contribution in [2.75, 3.05) is 16.4 Å². The molecule has 1 heterocycles. The maximum atomic E-state index is 12.8. The van der Waals surface area contributed by atoms with Gasteiger partial charge >= 0.3 is 6.18 Å². The van der Waals surface area contributed by atoms with E-state index in [1.54, 1.807) is 0 Å². The highest BCUT2D eigenvalue weighted by Gasteiger charge is 2.31. The lowest BCUT2D eigenvalue weighted by atomic mass is 10.1. The summed E-state index contributed by atoms with van der Waals surface area (Å²) in [5.41, 5.74) is 2.76. The number of benzene rings is 2. The van der Waals surface area contributed by atoms with Gasteiger partial charge in [-0.1, -0.05) is 46.9 Å². The van der Waals surface area contributed by atoms with Crippen LogP contribution in [0.15, 0.2) is 40.7 Å². The summed E-state index contributed by atoms with van der Waals surface area (Å²) in [5, 5.41) is 13.2. The predicted molar refractivity (Wildman–Crippen MR) is 119 cm³/mol. The molecule has 1 aromatic heterocycles. The second kappa shape index (κ2) is 9.70. The van der Waals surface area contributed by atoms with Crippen molar-refractivity contribution in [3.05, 3.63) is 64.2 Å². The maximum Gasteiger partial charge on any atom is 0.416 e. The molecule has 0 unspecified atom stereocenters. The average Bonchev–Trinajstić information content (AvgIpc) is 3.16. The van der Waals surface area contributed by atoms with Crippen LogP contribution in [-0.2, 0) is 11.0 Å². The zero-order valence-electron chi connectivity index (χ0n) is 17.3. The van der Waals surface area contributed by atoms with Gasteiger partial charge in [0, 0.05) is 11.3 Å². The minimum absolute atomic E-state index is 0.0863. The molecule has 0 saturated heterocycles. The van der Waals surface area contributed by atoms with Crippen LogP contribution in [0.1, 0.15) is 32.6 Å². The van der Waals surface area contributed by atoms with Gasteiger partial charge < -0.3 is 5.32 Å². The molecular formula is C21H19F3N4O2S2. The van der Waals surface area contributed by atoms with E-state index in [0.717, 1.165) is 63.7 Å². The number of halogens is 3. The number of hydrogen-bond acceptors (Lipinski definition) is 6. The second-order valence-corrected chi connectivity index (χ2v) is 9.22. The van der Waals surface area contributed by atoms with Gasteiger partial charge in [-0.05, 0) is 50.1 Å². The molecule has 0 saturated carbocycles. The van der Waals surface area contributed by atoms with Crippen molar-refractivity contribution < 1.29 is 22.8 Å². The number of alkyl halides is 3. The Morgan fingerprint density at radius 1 is 1.03 bits per heavy atom. The number of hydrogen-bond donors (Lipinski definition) is 2. The van der Waals surface area contributed by atoms with Gasteiger partial charge in [0.2, 0.25) is 11.0 Å². The third kappa shape index (κ3) is 6.07. The fraction of sp³-hybridized carbons (Fsp3) is 0.238. The lowest BCUT2D eigenvalue weighted by molar-refractivity contribution is -0.137. The summed E-state index contributed by atoms with van der Waals surface area (Å²) in [5.74, 6) is -0.857. The quantitative estimate of drug-likeness (QED) is 0.361. The number of anilines is 2. The number of thioether (sulfide) groups is 1. The first-order chi connectivity index (χ1) is 15.0. The van der Waals surface area contributed by atoms with E-state index in [2.05, 4.69) is 20.8 Å². The van der Waals surface area contributed by atoms with Gasteiger partial charge in [-0.15, -0.1) is 10.2 Å². The van der Waals surface area contributed by atoms with Gasteiger partial charge in [-0.3, -0.25) is 14.9 Å². The number of rotatable bonds is 6. The molecule has 11 heteroatoms. The minimum atomic E-state index is -4.54. The first-order valence-electron chi connectivity index (χ1n) is 9.35. The molecule has 2 aromatic carbocycles. The van der Waals surface area contributed by atoms with Crippen molar-refractivity contribution in [3.8, 4) is 0 Å². The molecule has 32 heavy (non-hydrogen) atoms. The summed E-state index contributed by atoms with van der Waals surface area (Å²) in [6, 6.07) is 8.07. The Kier molecular flexibility index (Phi) is 7.19. The molecule has 0 atom stereocenters. The number of nitrogens with one attached hydrogen (secondary N) is 2. The number of aryl methyl sites for hydroxylation is 3. The van der Waals surface area contributed by atoms with Gasteiger partial charge in [0.25, 0.3) is 5.91 Å². The van der Waals surface area contributed by atoms with Crippen LogP contribution in [0.4, 0.5) is 24.0 Å². The van der Waals surface area contributed by atoms with Crippen molar-refractivity contribution in [1.29, 1.82) is 0 Å². The predicted octanol–water partition coefficient (Wildman–Crippen LogP) is 5.47. The molecule has 3 aromatic rings. The first kappa shape index (κ1) is 23.7. The van der Waals surface area contributed by atoms with E-state index in [0.29, 0.717) is 4.34 Å². The van der Waals surface area contributed by atoms with Crippen LogP contribution in [0, 0.1) is 20.8 Å². The summed E-state index contributed by atoms with van der Waals surface area (Å²) >= 11 is 2.17. The average molecular weight is 481 g/mol. The van der Waals surface area contributed by atoms with E-state index in [1.165, 1.54) is 6.07 Å². The molecule has 0 aliphatic rings. The van der Waals surface area contributed by atoms with Crippen LogP contribution in [0.2, 0.25) is 0 Å². The topological polar surface area (TPSA) is 84.0 Å². The second-order valence-electron chi connectivity index (χ2n) is 7.02. The minimum Gasteiger partial charge on any atom is -0.325 e. The Bertz CT molecular complexity index is 1140. The fourth-order valence-corrected chi connectivity index (χ4v) is 4.55. The summed E-state index contributed by atoms with van der Waals surface area (Å²) in [6.07, 6.45) is -4.54. The Balaban J connectivity index is 1.57. The van der Waals surface area contributed by atoms with Gasteiger partial charge in [0.05, 0.1) is 11.3 Å². The molecule has 2 N–H and O–H groups in total. The van der Waals surface area contributed by atoms with Crippen molar-refractivity contribution >= 4 is 45.7 Å². The standard InChI is InChI=1S/C21H19F3N4O2S2/c1-11-7-12(2)17(13(3)8-11)25-16(29)10-31-20-28-27-19(32-20)26-18(30)14-5-4-6-15(9-14)21(22,23)24/h4-9H,10H2,1-3H3,(H,25,29)(H,26,27,30). The van der Waals surface area contributed by atoms with Gasteiger partial charge in [-0.25, -0.2) is 0 Å². The van der Waals surface area contributed by atoms with Gasteiger partial charge in [-0.2, -0.15) is 13.2 Å². The van der Waals surface area contributed by atoms with E-state index in [4.69, 9.17) is 0 Å². The number of carbonyl (C=O) groups is 2. The summed E-state index contributed by atoms with van der Waals surface area (Å²) in [6.45, 7) is 5.83. The summed E-state index contributed by atoms with van der Waals surface area (Å²) in [7, 11) is 0. The van der Waals surface area contributed by atoms with E-state index in [9.17, 15) is 22.8 Å². The maximum absolute atomic E-state index is 12.8. The normalized spacial score (nSPS) is 11.3. The van der Waals surface area contributed by atoms with E-state index < -0.39 is 17.6 Å². The van der Waals surface area contributed by atoms with Crippen LogP contribution in [0.5, 0.6) is 0 Å². The largest absolute Gasteiger partial charge is 0.416 e. The number of carbonyl (C=O) groups excluding carboxylic acids is 2. The van der Waals surface area contributed by atoms with Crippen LogP contribution in [0.25, 0.3) is 0 Å². The Hall–Kier alpha value is -2.92. The third-order valence-corrected chi connectivity index (χ3v) is 6.32. The highest BCUT2D eigenvalue weighted by molar-refractivity contribution is 8.01. The van der Waals surface area contributed by atoms with Crippen molar-refractivity contribution in [3.63, 3.8) is 0 Å². The van der Waals surface area contributed by atoms with Gasteiger partial charge in [0.15, 0.2) is 4.34 Å². The van der Waals surface area contributed by atoms with Gasteiger partial charge in [0.1, 0.15) is 0 Å². The van der Waals surface area contributed by atoms with Crippen LogP contribution >= 0.6 is 23.1 Å². The zero-order valence-corrected chi connectivity index (χ0v) is 19.0. The Labute approximate surface area is 190 Å². The van der Waals surface area contributed by atoms with Crippen LogP contribution in [0.3, 0.4) is 0 Å². The van der Waals surface area contributed by atoms with E-state index >= 15 is 0 Å². The van der Waals surface area contributed by atoms with E-state index in [-0.39, 0.29) is 22.4 Å². The molecule has 0 fully saturated rings. The van der Waals surface area contributed by atoms with E-state index in [1.807, 2.05) is 32.9 Å². The Morgan fingerprint density at radius 3 is 2.38 bits per heavy atom. The smallest absolute Gasteiger partial charge is 0.325 e. The molecule has 168 valence electrons. The van der Waals surface area contributed by atoms with Crippen molar-refractivity contribution in [2.24, 2.45) is 0 Å². The molecule has 6 nitrogen and oxygen atoms in total. The lowest BCUT2D eigenvalue weighted by Crippen LogP contribution is -2.15. The first-order valence-corrected chi connectivity index (χ1v) is 11.2. The molecule has 0 radical (unpaired) electrons. The zero-order chi connectivity index (χ0) is 23.5. The lowest BCUT2D eigenvalue weighted by Gasteiger charge is -2.12. The molecule has 0 spiro atoms. The molecule has 0 bridgehead atoms. The highest BCUT2D eigenvalue weighted by atomic mass is 32.2.